The van der Waals surface area contributed by atoms with Gasteiger partial charge in [-0.25, -0.2) is 4.39 Å². The number of methoxy groups -OCH3 is 1. The van der Waals surface area contributed by atoms with E-state index in [9.17, 15) is 9.18 Å². The lowest BCUT2D eigenvalue weighted by atomic mass is 10.1. The van der Waals surface area contributed by atoms with Gasteiger partial charge in [0.05, 0.1) is 23.4 Å². The molecule has 0 radical (unpaired) electrons. The smallest absolute Gasteiger partial charge is 0.189 e. The lowest BCUT2D eigenvalue weighted by molar-refractivity contribution is 0.104. The van der Waals surface area contributed by atoms with Crippen LogP contribution in [0.1, 0.15) is 32.9 Å². The summed E-state index contributed by atoms with van der Waals surface area (Å²) in [7, 11) is 3.38. The lowest BCUT2D eigenvalue weighted by Crippen LogP contribution is -2.01. The average Bonchev–Trinajstić information content (AvgIpc) is 2.97. The van der Waals surface area contributed by atoms with Crippen LogP contribution in [0.5, 0.6) is 11.5 Å². The molecule has 3 aromatic rings. The van der Waals surface area contributed by atoms with Crippen molar-refractivity contribution in [1.29, 1.82) is 0 Å². The van der Waals surface area contributed by atoms with Crippen molar-refractivity contribution in [3.05, 3.63) is 81.4 Å². The van der Waals surface area contributed by atoms with Gasteiger partial charge in [-0.2, -0.15) is 5.10 Å². The van der Waals surface area contributed by atoms with Crippen molar-refractivity contribution in [1.82, 2.24) is 9.78 Å². The van der Waals surface area contributed by atoms with Crippen molar-refractivity contribution >= 4 is 23.5 Å². The molecule has 0 saturated heterocycles. The number of hydrogen-bond acceptors (Lipinski definition) is 4. The summed E-state index contributed by atoms with van der Waals surface area (Å²) in [5.41, 5.74) is 3.71. The van der Waals surface area contributed by atoms with Gasteiger partial charge in [-0.15, -0.1) is 0 Å². The fraction of sp³-hybridized carbons (Fsp3) is 0.217. The number of hydrogen-bond donors (Lipinski definition) is 0. The summed E-state index contributed by atoms with van der Waals surface area (Å²) in [6, 6.07) is 9.47. The Kier molecular flexibility index (Phi) is 6.57. The predicted octanol–water partition coefficient (Wildman–Crippen LogP) is 5.31. The van der Waals surface area contributed by atoms with Gasteiger partial charge in [0.25, 0.3) is 0 Å². The van der Waals surface area contributed by atoms with E-state index in [1.165, 1.54) is 24.3 Å². The molecule has 3 rings (SSSR count). The molecule has 0 aliphatic rings. The predicted molar refractivity (Wildman–Crippen MR) is 115 cm³/mol. The van der Waals surface area contributed by atoms with Crippen molar-refractivity contribution in [2.75, 3.05) is 7.11 Å². The van der Waals surface area contributed by atoms with E-state index in [0.29, 0.717) is 22.8 Å². The van der Waals surface area contributed by atoms with Crippen molar-refractivity contribution in [3.8, 4) is 11.5 Å². The Morgan fingerprint density at radius 3 is 2.57 bits per heavy atom. The topological polar surface area (TPSA) is 53.3 Å². The van der Waals surface area contributed by atoms with E-state index in [0.717, 1.165) is 16.8 Å². The number of halogens is 2. The number of nitrogens with zero attached hydrogens (tertiary/aromatic N) is 2. The Bertz CT molecular complexity index is 1120. The maximum atomic E-state index is 13.2. The maximum Gasteiger partial charge on any atom is 0.189 e. The molecule has 0 unspecified atom stereocenters. The number of benzene rings is 2. The van der Waals surface area contributed by atoms with Crippen LogP contribution in [0.15, 0.2) is 42.5 Å². The van der Waals surface area contributed by atoms with Crippen molar-refractivity contribution in [3.63, 3.8) is 0 Å². The van der Waals surface area contributed by atoms with Gasteiger partial charge in [-0.3, -0.25) is 9.48 Å². The highest BCUT2D eigenvalue weighted by Crippen LogP contribution is 2.28. The van der Waals surface area contributed by atoms with Crippen molar-refractivity contribution in [2.24, 2.45) is 7.05 Å². The summed E-state index contributed by atoms with van der Waals surface area (Å²) in [5.74, 6) is 0.472. The van der Waals surface area contributed by atoms with Crippen LogP contribution in [0, 0.1) is 19.7 Å². The molecule has 0 aliphatic heterocycles. The van der Waals surface area contributed by atoms with Crippen LogP contribution in [0.25, 0.3) is 6.08 Å². The highest BCUT2D eigenvalue weighted by atomic mass is 35.5. The molecule has 0 bridgehead atoms. The molecular formula is C23H22ClFN2O3. The summed E-state index contributed by atoms with van der Waals surface area (Å²) < 4.78 is 26.0. The molecule has 5 nitrogen and oxygen atoms in total. The van der Waals surface area contributed by atoms with Crippen LogP contribution in [0.3, 0.4) is 0 Å². The van der Waals surface area contributed by atoms with E-state index in [-0.39, 0.29) is 17.4 Å². The van der Waals surface area contributed by atoms with Crippen LogP contribution < -0.4 is 9.47 Å². The Balaban J connectivity index is 1.79. The van der Waals surface area contributed by atoms with Crippen LogP contribution in [0.4, 0.5) is 4.39 Å². The third-order valence-corrected chi connectivity index (χ3v) is 5.06. The summed E-state index contributed by atoms with van der Waals surface area (Å²) in [4.78, 5) is 12.6. The molecule has 0 amide bonds. The molecule has 2 aromatic carbocycles. The second-order valence-electron chi connectivity index (χ2n) is 6.80. The minimum absolute atomic E-state index is 0.107. The van der Waals surface area contributed by atoms with E-state index in [1.54, 1.807) is 23.9 Å². The molecule has 30 heavy (non-hydrogen) atoms. The maximum absolute atomic E-state index is 13.2. The molecule has 0 N–H and O–H groups in total. The zero-order chi connectivity index (χ0) is 21.8. The molecule has 0 aliphatic carbocycles. The third kappa shape index (κ3) is 4.71. The first kappa shape index (κ1) is 21.6. The van der Waals surface area contributed by atoms with Gasteiger partial charge >= 0.3 is 0 Å². The molecule has 0 fully saturated rings. The van der Waals surface area contributed by atoms with Crippen molar-refractivity contribution in [2.45, 2.75) is 20.5 Å². The summed E-state index contributed by atoms with van der Waals surface area (Å²) in [5, 5.41) is 4.48. The molecule has 0 atom stereocenters. The van der Waals surface area contributed by atoms with Crippen LogP contribution in [-0.4, -0.2) is 22.7 Å². The standard InChI is InChI=1S/C23H22ClFN2O3/c1-14-23(15(2)27(3)26-14)20(28)8-5-16-6-9-21(29-4)17(11-16)13-30-22-10-7-18(25)12-19(22)24/h5-12H,13H2,1-4H3/b8-5+. The van der Waals surface area contributed by atoms with Gasteiger partial charge < -0.3 is 9.47 Å². The van der Waals surface area contributed by atoms with E-state index in [2.05, 4.69) is 5.10 Å². The van der Waals surface area contributed by atoms with Crippen molar-refractivity contribution < 1.29 is 18.7 Å². The second-order valence-corrected chi connectivity index (χ2v) is 7.21. The highest BCUT2D eigenvalue weighted by molar-refractivity contribution is 6.32. The zero-order valence-electron chi connectivity index (χ0n) is 17.2. The minimum Gasteiger partial charge on any atom is -0.496 e. The Morgan fingerprint density at radius 2 is 1.93 bits per heavy atom. The quantitative estimate of drug-likeness (QED) is 0.378. The monoisotopic (exact) mass is 428 g/mol. The van der Waals surface area contributed by atoms with Crippen LogP contribution in [0.2, 0.25) is 5.02 Å². The molecule has 1 aromatic heterocycles. The van der Waals surface area contributed by atoms with Gasteiger partial charge in [-0.05, 0) is 55.8 Å². The van der Waals surface area contributed by atoms with E-state index >= 15 is 0 Å². The number of carbonyl (C=O) groups excluding carboxylic acids is 1. The Labute approximate surface area is 179 Å². The lowest BCUT2D eigenvalue weighted by Gasteiger charge is -2.12. The first-order chi connectivity index (χ1) is 14.3. The van der Waals surface area contributed by atoms with Crippen LogP contribution in [-0.2, 0) is 13.7 Å². The number of aryl methyl sites for hydroxylation is 2. The molecule has 7 heteroatoms. The number of rotatable bonds is 7. The average molecular weight is 429 g/mol. The minimum atomic E-state index is -0.430. The fourth-order valence-electron chi connectivity index (χ4n) is 3.15. The Hall–Kier alpha value is -3.12. The number of ether oxygens (including phenoxy) is 2. The second kappa shape index (κ2) is 9.13. The fourth-order valence-corrected chi connectivity index (χ4v) is 3.37. The van der Waals surface area contributed by atoms with Gasteiger partial charge in [0.15, 0.2) is 5.78 Å². The summed E-state index contributed by atoms with van der Waals surface area (Å²) in [6.07, 6.45) is 3.27. The normalized spacial score (nSPS) is 11.1. The first-order valence-corrected chi connectivity index (χ1v) is 9.65. The van der Waals surface area contributed by atoms with Crippen LogP contribution >= 0.6 is 11.6 Å². The molecule has 1 heterocycles. The highest BCUT2D eigenvalue weighted by Gasteiger charge is 2.15. The molecular weight excluding hydrogens is 407 g/mol. The number of allylic oxidation sites excluding steroid dienone is 1. The van der Waals surface area contributed by atoms with Gasteiger partial charge in [0, 0.05) is 18.3 Å². The van der Waals surface area contributed by atoms with E-state index < -0.39 is 5.82 Å². The first-order valence-electron chi connectivity index (χ1n) is 9.27. The van der Waals surface area contributed by atoms with E-state index in [4.69, 9.17) is 21.1 Å². The van der Waals surface area contributed by atoms with Gasteiger partial charge in [0.1, 0.15) is 23.9 Å². The van der Waals surface area contributed by atoms with Gasteiger partial charge in [-0.1, -0.05) is 23.7 Å². The number of aromatic nitrogens is 2. The Morgan fingerprint density at radius 1 is 1.20 bits per heavy atom. The zero-order valence-corrected chi connectivity index (χ0v) is 18.0. The van der Waals surface area contributed by atoms with E-state index in [1.807, 2.05) is 33.0 Å². The van der Waals surface area contributed by atoms with Gasteiger partial charge in [0.2, 0.25) is 0 Å². The number of ketones is 1. The summed E-state index contributed by atoms with van der Waals surface area (Å²) in [6.45, 7) is 3.85. The SMILES string of the molecule is COc1ccc(/C=C/C(=O)c2c(C)nn(C)c2C)cc1COc1ccc(F)cc1Cl. The molecule has 156 valence electrons. The third-order valence-electron chi connectivity index (χ3n) is 4.76. The number of carbonyl (C=O) groups is 1. The largest absolute Gasteiger partial charge is 0.496 e. The molecule has 0 spiro atoms. The summed E-state index contributed by atoms with van der Waals surface area (Å²) >= 11 is 6.02. The molecule has 0 saturated carbocycles.